The lowest BCUT2D eigenvalue weighted by molar-refractivity contribution is 0.271. The first-order valence-corrected chi connectivity index (χ1v) is 5.76. The fourth-order valence-electron chi connectivity index (χ4n) is 1.94. The molecule has 5 nitrogen and oxygen atoms in total. The van der Waals surface area contributed by atoms with Crippen molar-refractivity contribution in [3.63, 3.8) is 0 Å². The normalized spacial score (nSPS) is 10.6. The number of aliphatic hydroxyl groups is 1. The lowest BCUT2D eigenvalue weighted by Gasteiger charge is -2.08. The number of aryl methyl sites for hydroxylation is 1. The summed E-state index contributed by atoms with van der Waals surface area (Å²) in [5, 5.41) is 23.6. The quantitative estimate of drug-likeness (QED) is 0.863. The zero-order valence-corrected chi connectivity index (χ0v) is 10.4. The Labute approximate surface area is 105 Å². The van der Waals surface area contributed by atoms with E-state index in [1.807, 2.05) is 6.92 Å². The Bertz CT molecular complexity index is 549. The largest absolute Gasteiger partial charge is 0.506 e. The number of aliphatic hydroxyl groups excluding tert-OH is 1. The van der Waals surface area contributed by atoms with Crippen LogP contribution >= 0.6 is 0 Å². The first-order chi connectivity index (χ1) is 8.72. The smallest absolute Gasteiger partial charge is 0.222 e. The standard InChI is InChI=1S/C13H16N2O3/c1-3-10-9(8-16)13(18-2)15(14-10)11-6-4-5-7-12(11)17/h4-7,16-17H,3,8H2,1-2H3. The molecule has 0 aliphatic rings. The number of benzene rings is 1. The van der Waals surface area contributed by atoms with Crippen LogP contribution in [0.25, 0.3) is 5.69 Å². The number of aromatic nitrogens is 2. The third-order valence-corrected chi connectivity index (χ3v) is 2.82. The molecule has 1 aromatic heterocycles. The lowest BCUT2D eigenvalue weighted by atomic mass is 10.2. The number of methoxy groups -OCH3 is 1. The number of hydrogen-bond acceptors (Lipinski definition) is 4. The second-order valence-corrected chi connectivity index (χ2v) is 3.85. The van der Waals surface area contributed by atoms with Crippen LogP contribution in [0.3, 0.4) is 0 Å². The van der Waals surface area contributed by atoms with E-state index in [-0.39, 0.29) is 12.4 Å². The highest BCUT2D eigenvalue weighted by atomic mass is 16.5. The molecule has 2 N–H and O–H groups in total. The first kappa shape index (κ1) is 12.4. The van der Waals surface area contributed by atoms with E-state index in [2.05, 4.69) is 5.10 Å². The summed E-state index contributed by atoms with van der Waals surface area (Å²) in [6, 6.07) is 6.87. The Morgan fingerprint density at radius 3 is 2.61 bits per heavy atom. The van der Waals surface area contributed by atoms with E-state index in [1.165, 1.54) is 11.8 Å². The van der Waals surface area contributed by atoms with Crippen LogP contribution < -0.4 is 4.74 Å². The SMILES string of the molecule is CCc1nn(-c2ccccc2O)c(OC)c1CO. The van der Waals surface area contributed by atoms with E-state index in [9.17, 15) is 10.2 Å². The molecule has 0 bridgehead atoms. The number of phenols is 1. The van der Waals surface area contributed by atoms with Crippen molar-refractivity contribution < 1.29 is 14.9 Å². The van der Waals surface area contributed by atoms with E-state index in [4.69, 9.17) is 4.74 Å². The van der Waals surface area contributed by atoms with Crippen molar-refractivity contribution in [1.29, 1.82) is 0 Å². The van der Waals surface area contributed by atoms with Crippen LogP contribution in [-0.2, 0) is 13.0 Å². The average molecular weight is 248 g/mol. The molecule has 0 atom stereocenters. The summed E-state index contributed by atoms with van der Waals surface area (Å²) >= 11 is 0. The van der Waals surface area contributed by atoms with Gasteiger partial charge in [-0.15, -0.1) is 0 Å². The van der Waals surface area contributed by atoms with Gasteiger partial charge in [-0.1, -0.05) is 19.1 Å². The molecule has 2 rings (SSSR count). The van der Waals surface area contributed by atoms with Gasteiger partial charge < -0.3 is 14.9 Å². The van der Waals surface area contributed by atoms with Crippen molar-refractivity contribution in [3.05, 3.63) is 35.5 Å². The van der Waals surface area contributed by atoms with Crippen molar-refractivity contribution in [2.24, 2.45) is 0 Å². The molecule has 0 saturated heterocycles. The van der Waals surface area contributed by atoms with Crippen molar-refractivity contribution in [1.82, 2.24) is 9.78 Å². The maximum atomic E-state index is 9.85. The average Bonchev–Trinajstić information content (AvgIpc) is 2.76. The van der Waals surface area contributed by atoms with Gasteiger partial charge in [0.1, 0.15) is 11.4 Å². The zero-order chi connectivity index (χ0) is 13.1. The molecular formula is C13H16N2O3. The molecule has 0 radical (unpaired) electrons. The van der Waals surface area contributed by atoms with Gasteiger partial charge in [0.05, 0.1) is 25.0 Å². The fourth-order valence-corrected chi connectivity index (χ4v) is 1.94. The molecule has 0 aliphatic heterocycles. The molecule has 18 heavy (non-hydrogen) atoms. The summed E-state index contributed by atoms with van der Waals surface area (Å²) in [6.07, 6.45) is 0.687. The first-order valence-electron chi connectivity index (χ1n) is 5.76. The van der Waals surface area contributed by atoms with Crippen molar-refractivity contribution in [3.8, 4) is 17.3 Å². The molecule has 2 aromatic rings. The number of nitrogens with zero attached hydrogens (tertiary/aromatic N) is 2. The Kier molecular flexibility index (Phi) is 3.53. The minimum Gasteiger partial charge on any atom is -0.506 e. The van der Waals surface area contributed by atoms with Gasteiger partial charge in [0.15, 0.2) is 0 Å². The second-order valence-electron chi connectivity index (χ2n) is 3.85. The number of para-hydroxylation sites is 2. The van der Waals surface area contributed by atoms with Crippen LogP contribution in [0, 0.1) is 0 Å². The van der Waals surface area contributed by atoms with Crippen LogP contribution in [0.2, 0.25) is 0 Å². The Morgan fingerprint density at radius 2 is 2.06 bits per heavy atom. The molecular weight excluding hydrogens is 232 g/mol. The van der Waals surface area contributed by atoms with E-state index in [1.54, 1.807) is 24.3 Å². The molecule has 0 amide bonds. The zero-order valence-electron chi connectivity index (χ0n) is 10.4. The van der Waals surface area contributed by atoms with Crippen LogP contribution in [0.5, 0.6) is 11.6 Å². The maximum absolute atomic E-state index is 9.85. The van der Waals surface area contributed by atoms with E-state index in [0.29, 0.717) is 23.6 Å². The van der Waals surface area contributed by atoms with E-state index >= 15 is 0 Å². The van der Waals surface area contributed by atoms with E-state index in [0.717, 1.165) is 5.69 Å². The highest BCUT2D eigenvalue weighted by molar-refractivity contribution is 5.49. The van der Waals surface area contributed by atoms with Crippen LogP contribution in [-0.4, -0.2) is 27.1 Å². The molecule has 5 heteroatoms. The predicted octanol–water partition coefficient (Wildman–Crippen LogP) is 1.64. The summed E-state index contributed by atoms with van der Waals surface area (Å²) < 4.78 is 6.80. The van der Waals surface area contributed by atoms with Crippen LogP contribution in [0.15, 0.2) is 24.3 Å². The van der Waals surface area contributed by atoms with Gasteiger partial charge in [-0.3, -0.25) is 0 Å². The van der Waals surface area contributed by atoms with Gasteiger partial charge in [-0.25, -0.2) is 0 Å². The summed E-state index contributed by atoms with van der Waals surface area (Å²) in [4.78, 5) is 0. The number of aromatic hydroxyl groups is 1. The number of hydrogen-bond donors (Lipinski definition) is 2. The molecule has 0 fully saturated rings. The van der Waals surface area contributed by atoms with Crippen LogP contribution in [0.4, 0.5) is 0 Å². The van der Waals surface area contributed by atoms with Gasteiger partial charge in [0.25, 0.3) is 0 Å². The van der Waals surface area contributed by atoms with Gasteiger partial charge in [0, 0.05) is 0 Å². The third kappa shape index (κ3) is 1.93. The number of phenolic OH excluding ortho intramolecular Hbond substituents is 1. The monoisotopic (exact) mass is 248 g/mol. The molecule has 1 heterocycles. The molecule has 0 aliphatic carbocycles. The topological polar surface area (TPSA) is 67.5 Å². The highest BCUT2D eigenvalue weighted by Gasteiger charge is 2.19. The van der Waals surface area contributed by atoms with Crippen molar-refractivity contribution >= 4 is 0 Å². The number of rotatable bonds is 4. The lowest BCUT2D eigenvalue weighted by Crippen LogP contribution is -2.01. The minimum atomic E-state index is -0.139. The molecule has 0 unspecified atom stereocenters. The summed E-state index contributed by atoms with van der Waals surface area (Å²) in [5.74, 6) is 0.571. The summed E-state index contributed by atoms with van der Waals surface area (Å²) in [7, 11) is 1.52. The van der Waals surface area contributed by atoms with Crippen LogP contribution in [0.1, 0.15) is 18.2 Å². The van der Waals surface area contributed by atoms with Crippen molar-refractivity contribution in [2.45, 2.75) is 20.0 Å². The summed E-state index contributed by atoms with van der Waals surface area (Å²) in [5.41, 5.74) is 1.95. The Hall–Kier alpha value is -2.01. The van der Waals surface area contributed by atoms with Gasteiger partial charge in [0.2, 0.25) is 5.88 Å². The van der Waals surface area contributed by atoms with Gasteiger partial charge in [-0.05, 0) is 18.6 Å². The number of ether oxygens (including phenoxy) is 1. The third-order valence-electron chi connectivity index (χ3n) is 2.82. The molecule has 0 saturated carbocycles. The second kappa shape index (κ2) is 5.10. The Morgan fingerprint density at radius 1 is 1.33 bits per heavy atom. The van der Waals surface area contributed by atoms with Gasteiger partial charge >= 0.3 is 0 Å². The summed E-state index contributed by atoms with van der Waals surface area (Å²) in [6.45, 7) is 1.82. The van der Waals surface area contributed by atoms with Crippen molar-refractivity contribution in [2.75, 3.05) is 7.11 Å². The molecule has 1 aromatic carbocycles. The van der Waals surface area contributed by atoms with E-state index < -0.39 is 0 Å². The minimum absolute atomic E-state index is 0.116. The molecule has 96 valence electrons. The Balaban J connectivity index is 2.64. The van der Waals surface area contributed by atoms with Gasteiger partial charge in [-0.2, -0.15) is 9.78 Å². The molecule has 0 spiro atoms. The maximum Gasteiger partial charge on any atom is 0.222 e. The predicted molar refractivity (Wildman–Crippen MR) is 67.1 cm³/mol. The fraction of sp³-hybridized carbons (Fsp3) is 0.308. The highest BCUT2D eigenvalue weighted by Crippen LogP contribution is 2.30.